The van der Waals surface area contributed by atoms with E-state index in [9.17, 15) is 0 Å². The Morgan fingerprint density at radius 2 is 1.93 bits per heavy atom. The van der Waals surface area contributed by atoms with Crippen molar-refractivity contribution in [3.8, 4) is 0 Å². The van der Waals surface area contributed by atoms with Crippen LogP contribution in [0.25, 0.3) is 0 Å². The van der Waals surface area contributed by atoms with Gasteiger partial charge >= 0.3 is 0 Å². The highest BCUT2D eigenvalue weighted by atomic mass is 14.9. The van der Waals surface area contributed by atoms with Crippen molar-refractivity contribution in [2.75, 3.05) is 6.54 Å². The summed E-state index contributed by atoms with van der Waals surface area (Å²) in [4.78, 5) is 0. The van der Waals surface area contributed by atoms with Crippen LogP contribution < -0.4 is 5.32 Å². The van der Waals surface area contributed by atoms with Gasteiger partial charge in [-0.15, -0.1) is 0 Å². The van der Waals surface area contributed by atoms with Gasteiger partial charge in [-0.05, 0) is 43.1 Å². The van der Waals surface area contributed by atoms with Crippen LogP contribution in [0, 0.1) is 17.3 Å². The molecule has 2 atom stereocenters. The summed E-state index contributed by atoms with van der Waals surface area (Å²) in [6.07, 6.45) is 4.23. The fourth-order valence-electron chi connectivity index (χ4n) is 3.10. The van der Waals surface area contributed by atoms with E-state index in [0.717, 1.165) is 11.8 Å². The van der Waals surface area contributed by atoms with E-state index < -0.39 is 0 Å². The Labute approximate surface area is 89.7 Å². The Bertz CT molecular complexity index is 172. The molecule has 14 heavy (non-hydrogen) atoms. The van der Waals surface area contributed by atoms with Gasteiger partial charge in [0.05, 0.1) is 0 Å². The van der Waals surface area contributed by atoms with Gasteiger partial charge in [-0.2, -0.15) is 0 Å². The highest BCUT2D eigenvalue weighted by Crippen LogP contribution is 2.41. The molecule has 0 aromatic heterocycles. The average Bonchev–Trinajstić information content (AvgIpc) is 1.96. The number of hydrogen-bond acceptors (Lipinski definition) is 1. The van der Waals surface area contributed by atoms with E-state index in [2.05, 4.69) is 39.9 Å². The lowest BCUT2D eigenvalue weighted by Gasteiger charge is -2.39. The Hall–Kier alpha value is -0.0400. The minimum atomic E-state index is 0.570. The van der Waals surface area contributed by atoms with Gasteiger partial charge < -0.3 is 5.32 Å². The zero-order chi connectivity index (χ0) is 10.8. The van der Waals surface area contributed by atoms with E-state index in [1.807, 2.05) is 0 Å². The smallest absolute Gasteiger partial charge is 0.00104 e. The third-order valence-electron chi connectivity index (χ3n) is 3.29. The lowest BCUT2D eigenvalue weighted by atomic mass is 9.68. The molecule has 0 aliphatic heterocycles. The van der Waals surface area contributed by atoms with E-state index in [1.165, 1.54) is 25.8 Å². The van der Waals surface area contributed by atoms with Crippen LogP contribution in [-0.4, -0.2) is 12.6 Å². The van der Waals surface area contributed by atoms with E-state index in [4.69, 9.17) is 0 Å². The van der Waals surface area contributed by atoms with Crippen molar-refractivity contribution in [3.05, 3.63) is 0 Å². The Morgan fingerprint density at radius 3 is 2.43 bits per heavy atom. The van der Waals surface area contributed by atoms with Gasteiger partial charge in [-0.25, -0.2) is 0 Å². The first-order valence-electron chi connectivity index (χ1n) is 6.12. The molecule has 1 nitrogen and oxygen atoms in total. The molecule has 0 spiro atoms. The maximum atomic E-state index is 3.57. The molecule has 1 saturated carbocycles. The third kappa shape index (κ3) is 4.00. The molecule has 1 fully saturated rings. The summed E-state index contributed by atoms with van der Waals surface area (Å²) >= 11 is 0. The number of hydrogen-bond donors (Lipinski definition) is 1. The summed E-state index contributed by atoms with van der Waals surface area (Å²) in [7, 11) is 0. The molecule has 0 amide bonds. The molecule has 0 bridgehead atoms. The molecule has 0 saturated heterocycles. The first kappa shape index (κ1) is 12.0. The summed E-state index contributed by atoms with van der Waals surface area (Å²) in [6, 6.07) is 0.635. The van der Waals surface area contributed by atoms with E-state index >= 15 is 0 Å². The standard InChI is InChI=1S/C13H27N/c1-10(2)14-9-12-6-11(3)7-13(4,5)8-12/h10-12,14H,6-9H2,1-5H3. The Morgan fingerprint density at radius 1 is 1.29 bits per heavy atom. The number of nitrogens with one attached hydrogen (secondary N) is 1. The zero-order valence-electron chi connectivity index (χ0n) is 10.6. The second kappa shape index (κ2) is 4.65. The molecular weight excluding hydrogens is 170 g/mol. The van der Waals surface area contributed by atoms with E-state index in [0.29, 0.717) is 11.5 Å². The predicted octanol–water partition coefficient (Wildman–Crippen LogP) is 3.45. The molecule has 84 valence electrons. The van der Waals surface area contributed by atoms with Crippen molar-refractivity contribution in [2.45, 2.75) is 59.9 Å². The minimum Gasteiger partial charge on any atom is -0.314 e. The third-order valence-corrected chi connectivity index (χ3v) is 3.29. The molecule has 0 aromatic carbocycles. The summed E-state index contributed by atoms with van der Waals surface area (Å²) in [6.45, 7) is 12.9. The monoisotopic (exact) mass is 197 g/mol. The van der Waals surface area contributed by atoms with Gasteiger partial charge in [0, 0.05) is 6.04 Å². The van der Waals surface area contributed by atoms with Gasteiger partial charge in [0.25, 0.3) is 0 Å². The largest absolute Gasteiger partial charge is 0.314 e. The normalized spacial score (nSPS) is 32.1. The molecule has 0 heterocycles. The number of rotatable bonds is 3. The summed E-state index contributed by atoms with van der Waals surface area (Å²) in [5.74, 6) is 1.81. The van der Waals surface area contributed by atoms with Crippen LogP contribution in [-0.2, 0) is 0 Å². The van der Waals surface area contributed by atoms with Gasteiger partial charge in [-0.1, -0.05) is 34.6 Å². The molecule has 1 aliphatic rings. The highest BCUT2D eigenvalue weighted by molar-refractivity contribution is 4.83. The van der Waals surface area contributed by atoms with Crippen LogP contribution in [0.5, 0.6) is 0 Å². The van der Waals surface area contributed by atoms with Crippen LogP contribution in [0.4, 0.5) is 0 Å². The van der Waals surface area contributed by atoms with Gasteiger partial charge in [-0.3, -0.25) is 0 Å². The van der Waals surface area contributed by atoms with Crippen molar-refractivity contribution in [1.29, 1.82) is 0 Å². The van der Waals surface area contributed by atoms with Crippen molar-refractivity contribution in [3.63, 3.8) is 0 Å². The Balaban J connectivity index is 2.38. The second-order valence-corrected chi connectivity index (χ2v) is 6.34. The van der Waals surface area contributed by atoms with Crippen LogP contribution in [0.3, 0.4) is 0 Å². The second-order valence-electron chi connectivity index (χ2n) is 6.34. The quantitative estimate of drug-likeness (QED) is 0.731. The maximum Gasteiger partial charge on any atom is 0.00104 e. The summed E-state index contributed by atoms with van der Waals surface area (Å²) in [5, 5.41) is 3.57. The minimum absolute atomic E-state index is 0.570. The molecule has 1 N–H and O–H groups in total. The van der Waals surface area contributed by atoms with Gasteiger partial charge in [0.2, 0.25) is 0 Å². The molecule has 0 radical (unpaired) electrons. The predicted molar refractivity (Wildman–Crippen MR) is 63.4 cm³/mol. The van der Waals surface area contributed by atoms with Gasteiger partial charge in [0.1, 0.15) is 0 Å². The van der Waals surface area contributed by atoms with Crippen LogP contribution in [0.15, 0.2) is 0 Å². The van der Waals surface area contributed by atoms with Crippen molar-refractivity contribution >= 4 is 0 Å². The van der Waals surface area contributed by atoms with E-state index in [-0.39, 0.29) is 0 Å². The van der Waals surface area contributed by atoms with Crippen molar-refractivity contribution in [2.24, 2.45) is 17.3 Å². The summed E-state index contributed by atoms with van der Waals surface area (Å²) < 4.78 is 0. The fourth-order valence-corrected chi connectivity index (χ4v) is 3.10. The fraction of sp³-hybridized carbons (Fsp3) is 1.00. The summed E-state index contributed by atoms with van der Waals surface area (Å²) in [5.41, 5.74) is 0.570. The van der Waals surface area contributed by atoms with Crippen LogP contribution in [0.2, 0.25) is 0 Å². The zero-order valence-corrected chi connectivity index (χ0v) is 10.6. The van der Waals surface area contributed by atoms with Crippen molar-refractivity contribution < 1.29 is 0 Å². The van der Waals surface area contributed by atoms with Crippen LogP contribution in [0.1, 0.15) is 53.9 Å². The SMILES string of the molecule is CC1CC(CNC(C)C)CC(C)(C)C1. The first-order valence-corrected chi connectivity index (χ1v) is 6.12. The van der Waals surface area contributed by atoms with E-state index in [1.54, 1.807) is 0 Å². The molecular formula is C13H27N. The molecule has 1 rings (SSSR count). The lowest BCUT2D eigenvalue weighted by Crippen LogP contribution is -2.36. The molecule has 1 aliphatic carbocycles. The van der Waals surface area contributed by atoms with Gasteiger partial charge in [0.15, 0.2) is 0 Å². The maximum absolute atomic E-state index is 3.57. The van der Waals surface area contributed by atoms with Crippen molar-refractivity contribution in [1.82, 2.24) is 5.32 Å². The first-order chi connectivity index (χ1) is 6.39. The molecule has 2 unspecified atom stereocenters. The topological polar surface area (TPSA) is 12.0 Å². The average molecular weight is 197 g/mol. The highest BCUT2D eigenvalue weighted by Gasteiger charge is 2.31. The Kier molecular flexibility index (Phi) is 4.00. The molecule has 0 aromatic rings. The van der Waals surface area contributed by atoms with Crippen LogP contribution >= 0.6 is 0 Å². The molecule has 1 heteroatoms. The lowest BCUT2D eigenvalue weighted by molar-refractivity contribution is 0.130.